The van der Waals surface area contributed by atoms with Gasteiger partial charge in [0.2, 0.25) is 5.89 Å². The predicted molar refractivity (Wildman–Crippen MR) is 102 cm³/mol. The monoisotopic (exact) mass is 332 g/mol. The second-order valence-electron chi connectivity index (χ2n) is 6.87. The summed E-state index contributed by atoms with van der Waals surface area (Å²) in [5.74, 6) is 0.790. The minimum absolute atomic E-state index is 0.790. The van der Waals surface area contributed by atoms with Gasteiger partial charge >= 0.3 is 0 Å². The fourth-order valence-corrected chi connectivity index (χ4v) is 3.33. The predicted octanol–water partition coefficient (Wildman–Crippen LogP) is 4.99. The summed E-state index contributed by atoms with van der Waals surface area (Å²) in [6.45, 7) is 7.27. The summed E-state index contributed by atoms with van der Waals surface area (Å²) in [5, 5.41) is 0. The van der Waals surface area contributed by atoms with Crippen molar-refractivity contribution in [2.45, 2.75) is 33.2 Å². The van der Waals surface area contributed by atoms with E-state index < -0.39 is 0 Å². The van der Waals surface area contributed by atoms with Crippen molar-refractivity contribution in [1.29, 1.82) is 0 Å². The van der Waals surface area contributed by atoms with Gasteiger partial charge in [-0.3, -0.25) is 4.90 Å². The standard InChI is InChI=1S/C22H24N2O/c1-3-17-8-9-21-20(14-17)23-22(25-21)19-10-12-24(13-11-19)15-18-6-4-16(2)5-7-18/h4-10,14H,3,11-13,15H2,1-2H3. The van der Waals surface area contributed by atoms with Gasteiger partial charge in [-0.15, -0.1) is 0 Å². The molecule has 2 aromatic carbocycles. The van der Waals surface area contributed by atoms with Crippen molar-refractivity contribution in [3.63, 3.8) is 0 Å². The Morgan fingerprint density at radius 3 is 2.60 bits per heavy atom. The van der Waals surface area contributed by atoms with Crippen molar-refractivity contribution in [3.05, 3.63) is 71.1 Å². The Labute approximate surface area is 149 Å². The fraction of sp³-hybridized carbons (Fsp3) is 0.318. The maximum Gasteiger partial charge on any atom is 0.222 e. The van der Waals surface area contributed by atoms with E-state index >= 15 is 0 Å². The molecule has 25 heavy (non-hydrogen) atoms. The molecule has 1 aliphatic rings. The van der Waals surface area contributed by atoms with Crippen molar-refractivity contribution < 1.29 is 4.42 Å². The Bertz CT molecular complexity index is 905. The van der Waals surface area contributed by atoms with Gasteiger partial charge in [-0.25, -0.2) is 4.98 Å². The third-order valence-corrected chi connectivity index (χ3v) is 4.95. The first-order chi connectivity index (χ1) is 12.2. The molecule has 0 atom stereocenters. The Hall–Kier alpha value is -2.39. The van der Waals surface area contributed by atoms with Gasteiger partial charge in [-0.2, -0.15) is 0 Å². The van der Waals surface area contributed by atoms with Gasteiger partial charge in [0.25, 0.3) is 0 Å². The summed E-state index contributed by atoms with van der Waals surface area (Å²) >= 11 is 0. The largest absolute Gasteiger partial charge is 0.436 e. The first-order valence-corrected chi connectivity index (χ1v) is 9.08. The lowest BCUT2D eigenvalue weighted by atomic mass is 10.1. The van der Waals surface area contributed by atoms with Crippen LogP contribution in [0.1, 0.15) is 35.9 Å². The number of hydrogen-bond donors (Lipinski definition) is 0. The molecule has 0 N–H and O–H groups in total. The number of aryl methyl sites for hydroxylation is 2. The number of benzene rings is 2. The topological polar surface area (TPSA) is 29.3 Å². The summed E-state index contributed by atoms with van der Waals surface area (Å²) in [6, 6.07) is 15.1. The molecule has 0 aliphatic carbocycles. The molecular formula is C22H24N2O. The Morgan fingerprint density at radius 2 is 1.88 bits per heavy atom. The molecule has 0 unspecified atom stereocenters. The summed E-state index contributed by atoms with van der Waals surface area (Å²) in [6.07, 6.45) is 4.28. The Morgan fingerprint density at radius 1 is 1.08 bits per heavy atom. The molecule has 0 amide bonds. The van der Waals surface area contributed by atoms with Gasteiger partial charge in [-0.1, -0.05) is 48.9 Å². The minimum atomic E-state index is 0.790. The average molecular weight is 332 g/mol. The van der Waals surface area contributed by atoms with Crippen LogP contribution in [0.2, 0.25) is 0 Å². The number of nitrogens with zero attached hydrogens (tertiary/aromatic N) is 2. The summed E-state index contributed by atoms with van der Waals surface area (Å²) in [5.41, 5.74) is 7.07. The highest BCUT2D eigenvalue weighted by atomic mass is 16.3. The maximum absolute atomic E-state index is 5.98. The summed E-state index contributed by atoms with van der Waals surface area (Å²) in [4.78, 5) is 7.17. The lowest BCUT2D eigenvalue weighted by molar-refractivity contribution is 0.292. The molecule has 3 heteroatoms. The zero-order chi connectivity index (χ0) is 17.2. The van der Waals surface area contributed by atoms with Gasteiger partial charge in [-0.05, 0) is 43.0 Å². The molecule has 0 saturated carbocycles. The minimum Gasteiger partial charge on any atom is -0.436 e. The molecule has 2 heterocycles. The molecule has 0 spiro atoms. The van der Waals surface area contributed by atoms with E-state index in [1.807, 2.05) is 6.07 Å². The third-order valence-electron chi connectivity index (χ3n) is 4.95. The molecule has 128 valence electrons. The lowest BCUT2D eigenvalue weighted by Gasteiger charge is -2.25. The van der Waals surface area contributed by atoms with Crippen LogP contribution in [0, 0.1) is 6.92 Å². The fourth-order valence-electron chi connectivity index (χ4n) is 3.33. The second-order valence-corrected chi connectivity index (χ2v) is 6.87. The molecule has 0 saturated heterocycles. The quantitative estimate of drug-likeness (QED) is 0.674. The van der Waals surface area contributed by atoms with Crippen LogP contribution in [0.25, 0.3) is 16.7 Å². The third kappa shape index (κ3) is 3.52. The number of rotatable bonds is 4. The molecule has 4 rings (SSSR count). The second kappa shape index (κ2) is 6.85. The average Bonchev–Trinajstić information content (AvgIpc) is 3.07. The van der Waals surface area contributed by atoms with Crippen LogP contribution in [0.5, 0.6) is 0 Å². The first kappa shape index (κ1) is 16.1. The highest BCUT2D eigenvalue weighted by Gasteiger charge is 2.17. The van der Waals surface area contributed by atoms with E-state index in [0.29, 0.717) is 0 Å². The zero-order valence-corrected chi connectivity index (χ0v) is 15.0. The van der Waals surface area contributed by atoms with Crippen LogP contribution < -0.4 is 0 Å². The van der Waals surface area contributed by atoms with Gasteiger partial charge in [0.05, 0.1) is 0 Å². The molecule has 1 aliphatic heterocycles. The molecule has 0 bridgehead atoms. The van der Waals surface area contributed by atoms with E-state index in [1.54, 1.807) is 0 Å². The molecule has 3 nitrogen and oxygen atoms in total. The number of oxazole rings is 1. The van der Waals surface area contributed by atoms with Crippen LogP contribution in [0.4, 0.5) is 0 Å². The molecule has 0 radical (unpaired) electrons. The van der Waals surface area contributed by atoms with Crippen LogP contribution in [-0.2, 0) is 13.0 Å². The normalized spacial score (nSPS) is 15.5. The van der Waals surface area contributed by atoms with Crippen LogP contribution in [0.3, 0.4) is 0 Å². The van der Waals surface area contributed by atoms with Gasteiger partial charge in [0.1, 0.15) is 5.52 Å². The zero-order valence-electron chi connectivity index (χ0n) is 15.0. The Balaban J connectivity index is 1.47. The Kier molecular flexibility index (Phi) is 4.41. The smallest absolute Gasteiger partial charge is 0.222 e. The van der Waals surface area contributed by atoms with Crippen molar-refractivity contribution >= 4 is 16.7 Å². The van der Waals surface area contributed by atoms with Crippen molar-refractivity contribution in [2.24, 2.45) is 0 Å². The first-order valence-electron chi connectivity index (χ1n) is 9.08. The molecule has 0 fully saturated rings. The summed E-state index contributed by atoms with van der Waals surface area (Å²) < 4.78 is 5.98. The molecule has 3 aromatic rings. The van der Waals surface area contributed by atoms with Gasteiger partial charge in [0.15, 0.2) is 5.58 Å². The van der Waals surface area contributed by atoms with E-state index in [1.165, 1.54) is 22.3 Å². The molecule has 1 aromatic heterocycles. The van der Waals surface area contributed by atoms with E-state index in [2.05, 4.69) is 61.2 Å². The van der Waals surface area contributed by atoms with Crippen molar-refractivity contribution in [1.82, 2.24) is 9.88 Å². The highest BCUT2D eigenvalue weighted by molar-refractivity contribution is 5.76. The maximum atomic E-state index is 5.98. The van der Waals surface area contributed by atoms with Gasteiger partial charge in [0, 0.05) is 25.2 Å². The number of aromatic nitrogens is 1. The van der Waals surface area contributed by atoms with Crippen molar-refractivity contribution in [3.8, 4) is 0 Å². The van der Waals surface area contributed by atoms with Crippen LogP contribution >= 0.6 is 0 Å². The van der Waals surface area contributed by atoms with E-state index in [9.17, 15) is 0 Å². The van der Waals surface area contributed by atoms with Crippen LogP contribution in [-0.4, -0.2) is 23.0 Å². The molecular weight excluding hydrogens is 308 g/mol. The van der Waals surface area contributed by atoms with Crippen molar-refractivity contribution in [2.75, 3.05) is 13.1 Å². The van der Waals surface area contributed by atoms with E-state index in [4.69, 9.17) is 9.40 Å². The van der Waals surface area contributed by atoms with Gasteiger partial charge < -0.3 is 4.42 Å². The SMILES string of the molecule is CCc1ccc2oc(C3=CCN(Cc4ccc(C)cc4)CC3)nc2c1. The number of fused-ring (bicyclic) bond motifs is 1. The van der Waals surface area contributed by atoms with E-state index in [-0.39, 0.29) is 0 Å². The highest BCUT2D eigenvalue weighted by Crippen LogP contribution is 2.26. The lowest BCUT2D eigenvalue weighted by Crippen LogP contribution is -2.28. The van der Waals surface area contributed by atoms with Crippen LogP contribution in [0.15, 0.2) is 53.0 Å². The summed E-state index contributed by atoms with van der Waals surface area (Å²) in [7, 11) is 0. The number of hydrogen-bond acceptors (Lipinski definition) is 3. The van der Waals surface area contributed by atoms with E-state index in [0.717, 1.165) is 49.5 Å².